The Hall–Kier alpha value is -1.60. The van der Waals surface area contributed by atoms with Crippen LogP contribution in [-0.4, -0.2) is 40.1 Å². The summed E-state index contributed by atoms with van der Waals surface area (Å²) < 4.78 is 19.5. The number of carbonyl (C=O) groups is 2. The second kappa shape index (κ2) is 7.86. The van der Waals surface area contributed by atoms with E-state index >= 15 is 0 Å². The third kappa shape index (κ3) is 3.71. The molecular weight excluding hydrogens is 332 g/mol. The number of alkyl halides is 1. The minimum atomic E-state index is -0.798. The fraction of sp³-hybridized carbons (Fsp3) is 0.385. The van der Waals surface area contributed by atoms with Crippen LogP contribution >= 0.6 is 15.9 Å². The van der Waals surface area contributed by atoms with Gasteiger partial charge in [-0.1, -0.05) is 28.1 Å². The van der Waals surface area contributed by atoms with Crippen LogP contribution in [0.5, 0.6) is 5.75 Å². The summed E-state index contributed by atoms with van der Waals surface area (Å²) in [5.41, 5.74) is 0.552. The molecule has 0 aliphatic rings. The Bertz CT molecular complexity index is 488. The molecule has 0 amide bonds. The highest BCUT2D eigenvalue weighted by Crippen LogP contribution is 2.33. The van der Waals surface area contributed by atoms with Crippen LogP contribution in [-0.2, 0) is 19.0 Å². The lowest BCUT2D eigenvalue weighted by atomic mass is 10.0. The number of esters is 2. The molecule has 1 unspecified atom stereocenters. The normalized spacial score (nSPS) is 11.6. The standard InChI is InChI=1S/C13H15BrO6/c1-17-7-20-9-6-4-5-8(10(9)12(15)18-2)11(14)13(16)19-3/h4-6,11H,7H2,1-3H3. The molecule has 1 rings (SSSR count). The highest BCUT2D eigenvalue weighted by Gasteiger charge is 2.27. The minimum Gasteiger partial charge on any atom is -0.468 e. The van der Waals surface area contributed by atoms with Gasteiger partial charge in [-0.05, 0) is 11.6 Å². The number of ether oxygens (including phenoxy) is 4. The van der Waals surface area contributed by atoms with Crippen molar-refractivity contribution in [3.05, 3.63) is 29.3 Å². The Labute approximate surface area is 125 Å². The highest BCUT2D eigenvalue weighted by molar-refractivity contribution is 9.09. The summed E-state index contributed by atoms with van der Waals surface area (Å²) in [6.07, 6.45) is 0. The summed E-state index contributed by atoms with van der Waals surface area (Å²) in [5.74, 6) is -0.872. The van der Waals surface area contributed by atoms with E-state index in [0.29, 0.717) is 5.56 Å². The van der Waals surface area contributed by atoms with Crippen molar-refractivity contribution in [2.75, 3.05) is 28.1 Å². The van der Waals surface area contributed by atoms with E-state index in [-0.39, 0.29) is 18.1 Å². The largest absolute Gasteiger partial charge is 0.468 e. The molecular formula is C13H15BrO6. The lowest BCUT2D eigenvalue weighted by Crippen LogP contribution is -2.15. The van der Waals surface area contributed by atoms with Crippen molar-refractivity contribution in [1.29, 1.82) is 0 Å². The molecule has 1 aromatic rings. The zero-order valence-corrected chi connectivity index (χ0v) is 12.9. The van der Waals surface area contributed by atoms with Crippen molar-refractivity contribution >= 4 is 27.9 Å². The van der Waals surface area contributed by atoms with Crippen LogP contribution in [0.15, 0.2) is 18.2 Å². The van der Waals surface area contributed by atoms with E-state index in [9.17, 15) is 9.59 Å². The smallest absolute Gasteiger partial charge is 0.341 e. The van der Waals surface area contributed by atoms with Crippen LogP contribution in [0.25, 0.3) is 0 Å². The number of carbonyl (C=O) groups excluding carboxylic acids is 2. The second-order valence-corrected chi connectivity index (χ2v) is 4.56. The van der Waals surface area contributed by atoms with E-state index in [2.05, 4.69) is 20.7 Å². The Morgan fingerprint density at radius 3 is 2.45 bits per heavy atom. The summed E-state index contributed by atoms with van der Waals surface area (Å²) in [6.45, 7) is -0.0291. The van der Waals surface area contributed by atoms with Gasteiger partial charge in [-0.25, -0.2) is 4.79 Å². The van der Waals surface area contributed by atoms with Crippen LogP contribution in [0, 0.1) is 0 Å². The molecule has 0 aromatic heterocycles. The molecule has 7 heteroatoms. The number of hydrogen-bond donors (Lipinski definition) is 0. The molecule has 1 aromatic carbocycles. The number of halogens is 1. The zero-order chi connectivity index (χ0) is 15.1. The van der Waals surface area contributed by atoms with E-state index in [1.165, 1.54) is 21.3 Å². The quantitative estimate of drug-likeness (QED) is 0.446. The Morgan fingerprint density at radius 2 is 1.90 bits per heavy atom. The molecule has 0 aliphatic carbocycles. The van der Waals surface area contributed by atoms with Gasteiger partial charge in [-0.2, -0.15) is 0 Å². The van der Waals surface area contributed by atoms with Gasteiger partial charge in [-0.15, -0.1) is 0 Å². The maximum Gasteiger partial charge on any atom is 0.341 e. The molecule has 0 aliphatic heterocycles. The summed E-state index contributed by atoms with van der Waals surface area (Å²) in [5, 5.41) is 0. The molecule has 0 heterocycles. The van der Waals surface area contributed by atoms with Crippen molar-refractivity contribution in [3.63, 3.8) is 0 Å². The van der Waals surface area contributed by atoms with Gasteiger partial charge < -0.3 is 18.9 Å². The fourth-order valence-corrected chi connectivity index (χ4v) is 2.12. The van der Waals surface area contributed by atoms with Crippen molar-refractivity contribution in [2.24, 2.45) is 0 Å². The lowest BCUT2D eigenvalue weighted by Gasteiger charge is -2.16. The molecule has 0 N–H and O–H groups in total. The first kappa shape index (κ1) is 16.5. The van der Waals surface area contributed by atoms with Gasteiger partial charge in [0.25, 0.3) is 0 Å². The fourth-order valence-electron chi connectivity index (χ4n) is 1.55. The first-order valence-electron chi connectivity index (χ1n) is 5.61. The molecule has 0 saturated carbocycles. The van der Waals surface area contributed by atoms with E-state index in [1.54, 1.807) is 18.2 Å². The SMILES string of the molecule is COCOc1cccc(C(Br)C(=O)OC)c1C(=O)OC. The van der Waals surface area contributed by atoms with Crippen LogP contribution in [0.2, 0.25) is 0 Å². The average Bonchev–Trinajstić information content (AvgIpc) is 2.50. The average molecular weight is 347 g/mol. The topological polar surface area (TPSA) is 71.1 Å². The summed E-state index contributed by atoms with van der Waals surface area (Å²) in [4.78, 5) is 22.7. The van der Waals surface area contributed by atoms with Crippen molar-refractivity contribution in [2.45, 2.75) is 4.83 Å². The Kier molecular flexibility index (Phi) is 6.47. The summed E-state index contributed by atoms with van der Waals surface area (Å²) in [7, 11) is 3.98. The lowest BCUT2D eigenvalue weighted by molar-refractivity contribution is -0.139. The summed E-state index contributed by atoms with van der Waals surface area (Å²) in [6, 6.07) is 4.86. The molecule has 0 bridgehead atoms. The summed E-state index contributed by atoms with van der Waals surface area (Å²) >= 11 is 3.19. The third-order valence-corrected chi connectivity index (χ3v) is 3.33. The molecule has 6 nitrogen and oxygen atoms in total. The van der Waals surface area contributed by atoms with Crippen LogP contribution in [0.1, 0.15) is 20.7 Å². The highest BCUT2D eigenvalue weighted by atomic mass is 79.9. The van der Waals surface area contributed by atoms with Crippen LogP contribution in [0.4, 0.5) is 0 Å². The van der Waals surface area contributed by atoms with Gasteiger partial charge in [0.2, 0.25) is 0 Å². The number of benzene rings is 1. The van der Waals surface area contributed by atoms with Gasteiger partial charge in [-0.3, -0.25) is 4.79 Å². The molecule has 0 fully saturated rings. The first-order valence-corrected chi connectivity index (χ1v) is 6.53. The molecule has 0 radical (unpaired) electrons. The van der Waals surface area contributed by atoms with Crippen molar-refractivity contribution in [1.82, 2.24) is 0 Å². The molecule has 110 valence electrons. The second-order valence-electron chi connectivity index (χ2n) is 3.65. The van der Waals surface area contributed by atoms with Gasteiger partial charge in [0.15, 0.2) is 6.79 Å². The van der Waals surface area contributed by atoms with E-state index in [1.807, 2.05) is 0 Å². The molecule has 0 saturated heterocycles. The number of rotatable bonds is 6. The van der Waals surface area contributed by atoms with Gasteiger partial charge in [0, 0.05) is 7.11 Å². The van der Waals surface area contributed by atoms with E-state index in [0.717, 1.165) is 0 Å². The van der Waals surface area contributed by atoms with Crippen molar-refractivity contribution in [3.8, 4) is 5.75 Å². The van der Waals surface area contributed by atoms with E-state index < -0.39 is 16.8 Å². The minimum absolute atomic E-state index is 0.0291. The maximum absolute atomic E-state index is 11.9. The van der Waals surface area contributed by atoms with Crippen LogP contribution < -0.4 is 4.74 Å². The number of hydrogen-bond acceptors (Lipinski definition) is 6. The zero-order valence-electron chi connectivity index (χ0n) is 11.3. The predicted octanol–water partition coefficient (Wildman–Crippen LogP) is 2.06. The molecule has 1 atom stereocenters. The van der Waals surface area contributed by atoms with E-state index in [4.69, 9.17) is 14.2 Å². The predicted molar refractivity (Wildman–Crippen MR) is 74.0 cm³/mol. The number of methoxy groups -OCH3 is 3. The third-order valence-electron chi connectivity index (χ3n) is 2.46. The molecule has 0 spiro atoms. The van der Waals surface area contributed by atoms with Gasteiger partial charge >= 0.3 is 11.9 Å². The monoisotopic (exact) mass is 346 g/mol. The van der Waals surface area contributed by atoms with Crippen molar-refractivity contribution < 1.29 is 28.5 Å². The van der Waals surface area contributed by atoms with Gasteiger partial charge in [0.05, 0.1) is 14.2 Å². The Balaban J connectivity index is 3.28. The van der Waals surface area contributed by atoms with Crippen LogP contribution in [0.3, 0.4) is 0 Å². The van der Waals surface area contributed by atoms with Gasteiger partial charge in [0.1, 0.15) is 16.1 Å². The Morgan fingerprint density at radius 1 is 1.20 bits per heavy atom. The first-order chi connectivity index (χ1) is 9.56. The maximum atomic E-state index is 11.9. The molecule has 20 heavy (non-hydrogen) atoms.